The van der Waals surface area contributed by atoms with Gasteiger partial charge in [-0.05, 0) is 31.4 Å². The Hall–Kier alpha value is 0.137. The van der Waals surface area contributed by atoms with Gasteiger partial charge in [0.25, 0.3) is 0 Å². The molecule has 0 bridgehead atoms. The van der Waals surface area contributed by atoms with Crippen molar-refractivity contribution < 1.29 is 9.53 Å². The predicted molar refractivity (Wildman–Crippen MR) is 73.1 cm³/mol. The fraction of sp³-hybridized carbons (Fsp3) is 1.00. The van der Waals surface area contributed by atoms with Gasteiger partial charge in [0.15, 0.2) is 9.04 Å². The molecule has 0 saturated heterocycles. The fourth-order valence-electron chi connectivity index (χ4n) is 1.68. The lowest BCUT2D eigenvalue weighted by atomic mass is 9.88. The fourth-order valence-corrected chi connectivity index (χ4v) is 2.50. The van der Waals surface area contributed by atoms with Gasteiger partial charge in [-0.2, -0.15) is 0 Å². The molecule has 0 aliphatic rings. The van der Waals surface area contributed by atoms with E-state index in [-0.39, 0.29) is 5.92 Å². The molecule has 0 aromatic rings. The monoisotopic (exact) mass is 246 g/mol. The van der Waals surface area contributed by atoms with E-state index in [1.807, 2.05) is 0 Å². The lowest BCUT2D eigenvalue weighted by Crippen LogP contribution is -2.26. The smallest absolute Gasteiger partial charge is 0.174 e. The highest BCUT2D eigenvalue weighted by atomic mass is 28.3. The van der Waals surface area contributed by atoms with Gasteiger partial charge in [-0.25, -0.2) is 0 Å². The van der Waals surface area contributed by atoms with Gasteiger partial charge in [-0.1, -0.05) is 40.5 Å². The minimum Gasteiger partial charge on any atom is -0.396 e. The van der Waals surface area contributed by atoms with Crippen molar-refractivity contribution >= 4 is 9.04 Å². The van der Waals surface area contributed by atoms with Gasteiger partial charge in [0.2, 0.25) is 0 Å². The molecule has 0 rings (SSSR count). The molecule has 0 aliphatic carbocycles. The summed E-state index contributed by atoms with van der Waals surface area (Å²) < 4.78 is 5.50. The van der Waals surface area contributed by atoms with Crippen LogP contribution < -0.4 is 0 Å². The Balaban J connectivity index is 3.61. The summed E-state index contributed by atoms with van der Waals surface area (Å²) in [5.41, 5.74) is 0.434. The number of unbranched alkanes of at least 4 members (excludes halogenated alkanes) is 1. The molecule has 0 fully saturated rings. The Morgan fingerprint density at radius 1 is 1.19 bits per heavy atom. The summed E-state index contributed by atoms with van der Waals surface area (Å²) in [6.07, 6.45) is 4.23. The van der Waals surface area contributed by atoms with Crippen LogP contribution in [0.3, 0.4) is 0 Å². The van der Waals surface area contributed by atoms with Gasteiger partial charge in [0, 0.05) is 5.92 Å². The van der Waals surface area contributed by atoms with Crippen LogP contribution in [0, 0.1) is 11.3 Å². The van der Waals surface area contributed by atoms with Crippen LogP contribution in [-0.4, -0.2) is 20.4 Å². The van der Waals surface area contributed by atoms with Gasteiger partial charge in [0.1, 0.15) is 6.29 Å². The van der Waals surface area contributed by atoms with E-state index in [2.05, 4.69) is 40.8 Å². The predicted octanol–water partition coefficient (Wildman–Crippen LogP) is 3.55. The number of rotatable bonds is 7. The van der Waals surface area contributed by atoms with Gasteiger partial charge in [-0.15, -0.1) is 0 Å². The van der Waals surface area contributed by atoms with Crippen molar-refractivity contribution in [1.82, 2.24) is 0 Å². The summed E-state index contributed by atoms with van der Waals surface area (Å²) in [5, 5.41) is 9.76. The van der Waals surface area contributed by atoms with E-state index in [9.17, 15) is 5.11 Å². The quantitative estimate of drug-likeness (QED) is 0.423. The molecule has 0 aromatic heterocycles. The summed E-state index contributed by atoms with van der Waals surface area (Å²) in [7, 11) is -1.10. The van der Waals surface area contributed by atoms with E-state index in [1.165, 1.54) is 19.3 Å². The second kappa shape index (κ2) is 7.46. The number of hydrogen-bond donors (Lipinski definition) is 1. The molecular formula is C13H30O2Si. The van der Waals surface area contributed by atoms with Crippen molar-refractivity contribution in [2.24, 2.45) is 11.3 Å². The molecule has 0 heterocycles. The zero-order chi connectivity index (χ0) is 12.8. The standard InChI is InChI=1S/C13H30O2Si/c1-11(12(14)15-16(5)6)9-7-8-10-13(2,3)4/h11-12,14,16H,7-10H2,1-6H3. The molecule has 0 radical (unpaired) electrons. The van der Waals surface area contributed by atoms with E-state index in [1.54, 1.807) is 0 Å². The Bertz CT molecular complexity index is 175. The van der Waals surface area contributed by atoms with E-state index in [0.717, 1.165) is 6.42 Å². The third kappa shape index (κ3) is 9.37. The molecule has 0 spiro atoms. The minimum absolute atomic E-state index is 0.273. The molecule has 2 unspecified atom stereocenters. The summed E-state index contributed by atoms with van der Waals surface area (Å²) in [6, 6.07) is 0. The average Bonchev–Trinajstić information content (AvgIpc) is 2.09. The van der Waals surface area contributed by atoms with Crippen LogP contribution in [0.2, 0.25) is 13.1 Å². The van der Waals surface area contributed by atoms with Crippen molar-refractivity contribution in [3.05, 3.63) is 0 Å². The highest BCUT2D eigenvalue weighted by Crippen LogP contribution is 2.23. The molecule has 98 valence electrons. The SMILES string of the molecule is CC(CCCCC(C)(C)C)C(O)O[SiH](C)C. The molecule has 1 N–H and O–H groups in total. The molecule has 0 amide bonds. The van der Waals surface area contributed by atoms with E-state index in [4.69, 9.17) is 4.43 Å². The zero-order valence-corrected chi connectivity index (χ0v) is 13.1. The average molecular weight is 246 g/mol. The van der Waals surface area contributed by atoms with Crippen molar-refractivity contribution in [3.8, 4) is 0 Å². The van der Waals surface area contributed by atoms with Crippen LogP contribution in [0.5, 0.6) is 0 Å². The van der Waals surface area contributed by atoms with Crippen LogP contribution in [-0.2, 0) is 4.43 Å². The summed E-state index contributed by atoms with van der Waals surface area (Å²) in [4.78, 5) is 0. The molecule has 2 atom stereocenters. The van der Waals surface area contributed by atoms with Crippen molar-refractivity contribution in [2.45, 2.75) is 72.8 Å². The molecule has 16 heavy (non-hydrogen) atoms. The third-order valence-corrected chi connectivity index (χ3v) is 3.56. The Morgan fingerprint density at radius 2 is 1.75 bits per heavy atom. The van der Waals surface area contributed by atoms with E-state index in [0.29, 0.717) is 5.41 Å². The first-order valence-electron chi connectivity index (χ1n) is 6.56. The normalized spacial score (nSPS) is 16.5. The maximum atomic E-state index is 9.76. The molecule has 3 heteroatoms. The maximum Gasteiger partial charge on any atom is 0.174 e. The third-order valence-electron chi connectivity index (χ3n) is 2.73. The zero-order valence-electron chi connectivity index (χ0n) is 11.9. The molecule has 0 aromatic carbocycles. The molecule has 0 aliphatic heterocycles. The van der Waals surface area contributed by atoms with Crippen LogP contribution in [0.4, 0.5) is 0 Å². The maximum absolute atomic E-state index is 9.76. The van der Waals surface area contributed by atoms with Gasteiger partial charge >= 0.3 is 0 Å². The van der Waals surface area contributed by atoms with Crippen molar-refractivity contribution in [3.63, 3.8) is 0 Å². The van der Waals surface area contributed by atoms with E-state index < -0.39 is 15.3 Å². The first kappa shape index (κ1) is 16.1. The van der Waals surface area contributed by atoms with Gasteiger partial charge in [0.05, 0.1) is 0 Å². The minimum atomic E-state index is -1.10. The van der Waals surface area contributed by atoms with Crippen LogP contribution >= 0.6 is 0 Å². The lowest BCUT2D eigenvalue weighted by Gasteiger charge is -2.22. The topological polar surface area (TPSA) is 29.5 Å². The highest BCUT2D eigenvalue weighted by Gasteiger charge is 2.16. The molecular weight excluding hydrogens is 216 g/mol. The van der Waals surface area contributed by atoms with Gasteiger partial charge < -0.3 is 9.53 Å². The number of aliphatic hydroxyl groups excluding tert-OH is 1. The summed E-state index contributed by atoms with van der Waals surface area (Å²) in [6.45, 7) is 13.1. The van der Waals surface area contributed by atoms with E-state index >= 15 is 0 Å². The first-order valence-corrected chi connectivity index (χ1v) is 9.34. The Labute approximate surface area is 103 Å². The second-order valence-corrected chi connectivity index (χ2v) is 8.73. The van der Waals surface area contributed by atoms with Crippen molar-refractivity contribution in [1.29, 1.82) is 0 Å². The summed E-state index contributed by atoms with van der Waals surface area (Å²) in [5.74, 6) is 0.273. The lowest BCUT2D eigenvalue weighted by molar-refractivity contribution is -0.0617. The molecule has 2 nitrogen and oxygen atoms in total. The first-order chi connectivity index (χ1) is 7.22. The van der Waals surface area contributed by atoms with Crippen molar-refractivity contribution in [2.75, 3.05) is 0 Å². The highest BCUT2D eigenvalue weighted by molar-refractivity contribution is 6.48. The van der Waals surface area contributed by atoms with Crippen LogP contribution in [0.1, 0.15) is 53.4 Å². The number of hydrogen-bond acceptors (Lipinski definition) is 2. The van der Waals surface area contributed by atoms with Crippen LogP contribution in [0.15, 0.2) is 0 Å². The van der Waals surface area contributed by atoms with Crippen LogP contribution in [0.25, 0.3) is 0 Å². The second-order valence-electron chi connectivity index (χ2n) is 6.36. The Morgan fingerprint density at radius 3 is 2.19 bits per heavy atom. The largest absolute Gasteiger partial charge is 0.396 e. The number of aliphatic hydroxyl groups is 1. The Kier molecular flexibility index (Phi) is 7.52. The summed E-state index contributed by atoms with van der Waals surface area (Å²) >= 11 is 0. The van der Waals surface area contributed by atoms with Gasteiger partial charge in [-0.3, -0.25) is 0 Å². The molecule has 0 saturated carbocycles.